The minimum atomic E-state index is -0.425. The molecule has 0 atom stereocenters. The SMILES string of the molecule is COc1ccc(C(=O)OCCl)cc1C. The number of carbonyl (C=O) groups excluding carboxylic acids is 1. The lowest BCUT2D eigenvalue weighted by atomic mass is 10.1. The van der Waals surface area contributed by atoms with Gasteiger partial charge in [0.2, 0.25) is 0 Å². The van der Waals surface area contributed by atoms with E-state index in [1.54, 1.807) is 25.3 Å². The van der Waals surface area contributed by atoms with Gasteiger partial charge in [0.1, 0.15) is 5.75 Å². The van der Waals surface area contributed by atoms with E-state index in [1.807, 2.05) is 6.92 Å². The van der Waals surface area contributed by atoms with Gasteiger partial charge in [-0.15, -0.1) is 0 Å². The van der Waals surface area contributed by atoms with Crippen molar-refractivity contribution in [2.45, 2.75) is 6.92 Å². The molecule has 3 nitrogen and oxygen atoms in total. The summed E-state index contributed by atoms with van der Waals surface area (Å²) in [7, 11) is 1.58. The van der Waals surface area contributed by atoms with E-state index in [1.165, 1.54) is 0 Å². The molecule has 0 heterocycles. The molecule has 0 amide bonds. The lowest BCUT2D eigenvalue weighted by molar-refractivity contribution is 0.0574. The largest absolute Gasteiger partial charge is 0.496 e. The van der Waals surface area contributed by atoms with E-state index in [0.717, 1.165) is 11.3 Å². The van der Waals surface area contributed by atoms with Crippen LogP contribution in [0.5, 0.6) is 5.75 Å². The number of halogens is 1. The third kappa shape index (κ3) is 2.39. The van der Waals surface area contributed by atoms with Gasteiger partial charge >= 0.3 is 5.97 Å². The first-order chi connectivity index (χ1) is 6.69. The summed E-state index contributed by atoms with van der Waals surface area (Å²) >= 11 is 5.28. The standard InChI is InChI=1S/C10H11ClO3/c1-7-5-8(10(12)14-6-11)3-4-9(7)13-2/h3-5H,6H2,1-2H3. The number of methoxy groups -OCH3 is 1. The Morgan fingerprint density at radius 1 is 1.50 bits per heavy atom. The molecule has 0 saturated carbocycles. The molecule has 0 bridgehead atoms. The number of ether oxygens (including phenoxy) is 2. The molecule has 1 rings (SSSR count). The molecule has 0 spiro atoms. The predicted molar refractivity (Wildman–Crippen MR) is 53.9 cm³/mol. The Labute approximate surface area is 87.6 Å². The Morgan fingerprint density at radius 2 is 2.21 bits per heavy atom. The Hall–Kier alpha value is -1.22. The monoisotopic (exact) mass is 214 g/mol. The van der Waals surface area contributed by atoms with Crippen molar-refractivity contribution in [3.8, 4) is 5.75 Å². The van der Waals surface area contributed by atoms with Gasteiger partial charge in [0.15, 0.2) is 6.07 Å². The van der Waals surface area contributed by atoms with Crippen molar-refractivity contribution >= 4 is 17.6 Å². The predicted octanol–water partition coefficient (Wildman–Crippen LogP) is 2.36. The first kappa shape index (κ1) is 10.9. The van der Waals surface area contributed by atoms with Crippen LogP contribution in [0.1, 0.15) is 15.9 Å². The molecule has 14 heavy (non-hydrogen) atoms. The number of esters is 1. The third-order valence-electron chi connectivity index (χ3n) is 1.82. The van der Waals surface area contributed by atoms with Crippen molar-refractivity contribution in [2.75, 3.05) is 13.2 Å². The van der Waals surface area contributed by atoms with Crippen LogP contribution >= 0.6 is 11.6 Å². The minimum Gasteiger partial charge on any atom is -0.496 e. The second-order valence-corrected chi connectivity index (χ2v) is 2.94. The average molecular weight is 215 g/mol. The summed E-state index contributed by atoms with van der Waals surface area (Å²) in [4.78, 5) is 11.2. The Kier molecular flexibility index (Phi) is 3.77. The molecule has 0 radical (unpaired) electrons. The van der Waals surface area contributed by atoms with Crippen LogP contribution in [-0.4, -0.2) is 19.1 Å². The zero-order valence-corrected chi connectivity index (χ0v) is 8.80. The fourth-order valence-corrected chi connectivity index (χ4v) is 1.24. The van der Waals surface area contributed by atoms with Crippen molar-refractivity contribution in [3.05, 3.63) is 29.3 Å². The van der Waals surface area contributed by atoms with Gasteiger partial charge in [0.25, 0.3) is 0 Å². The Bertz CT molecular complexity index is 336. The Morgan fingerprint density at radius 3 is 2.71 bits per heavy atom. The molecule has 1 aromatic rings. The van der Waals surface area contributed by atoms with Gasteiger partial charge in [-0.2, -0.15) is 0 Å². The van der Waals surface area contributed by atoms with Crippen molar-refractivity contribution in [1.29, 1.82) is 0 Å². The second-order valence-electron chi connectivity index (χ2n) is 2.73. The fraction of sp³-hybridized carbons (Fsp3) is 0.300. The van der Waals surface area contributed by atoms with Crippen molar-refractivity contribution < 1.29 is 14.3 Å². The van der Waals surface area contributed by atoms with Crippen molar-refractivity contribution in [2.24, 2.45) is 0 Å². The van der Waals surface area contributed by atoms with Crippen LogP contribution in [-0.2, 0) is 4.74 Å². The normalized spacial score (nSPS) is 9.64. The lowest BCUT2D eigenvalue weighted by Crippen LogP contribution is -2.04. The Balaban J connectivity index is 2.91. The highest BCUT2D eigenvalue weighted by Gasteiger charge is 2.08. The number of carbonyl (C=O) groups is 1. The van der Waals surface area contributed by atoms with E-state index < -0.39 is 5.97 Å². The summed E-state index contributed by atoms with van der Waals surface area (Å²) in [5, 5.41) is 0. The first-order valence-electron chi connectivity index (χ1n) is 4.06. The van der Waals surface area contributed by atoms with E-state index in [0.29, 0.717) is 5.56 Å². The highest BCUT2D eigenvalue weighted by molar-refractivity contribution is 6.17. The molecule has 0 aliphatic heterocycles. The maximum absolute atomic E-state index is 11.2. The maximum Gasteiger partial charge on any atom is 0.339 e. The molecule has 76 valence electrons. The van der Waals surface area contributed by atoms with Gasteiger partial charge in [0, 0.05) is 0 Å². The van der Waals surface area contributed by atoms with Crippen LogP contribution < -0.4 is 4.74 Å². The number of alkyl halides is 1. The van der Waals surface area contributed by atoms with Crippen LogP contribution in [0.4, 0.5) is 0 Å². The number of rotatable bonds is 3. The molecule has 0 N–H and O–H groups in total. The molecular formula is C10H11ClO3. The van der Waals surface area contributed by atoms with E-state index >= 15 is 0 Å². The van der Waals surface area contributed by atoms with E-state index in [4.69, 9.17) is 16.3 Å². The quantitative estimate of drug-likeness (QED) is 0.573. The molecule has 0 unspecified atom stereocenters. The smallest absolute Gasteiger partial charge is 0.339 e. The average Bonchev–Trinajstić information content (AvgIpc) is 2.18. The number of hydrogen-bond donors (Lipinski definition) is 0. The highest BCUT2D eigenvalue weighted by Crippen LogP contribution is 2.18. The molecule has 0 aromatic heterocycles. The highest BCUT2D eigenvalue weighted by atomic mass is 35.5. The van der Waals surface area contributed by atoms with E-state index in [2.05, 4.69) is 4.74 Å². The van der Waals surface area contributed by atoms with Crippen LogP contribution in [0.3, 0.4) is 0 Å². The molecule has 0 aliphatic rings. The zero-order chi connectivity index (χ0) is 10.6. The number of aryl methyl sites for hydroxylation is 1. The fourth-order valence-electron chi connectivity index (χ4n) is 1.14. The summed E-state index contributed by atoms with van der Waals surface area (Å²) < 4.78 is 9.70. The van der Waals surface area contributed by atoms with Gasteiger partial charge in [0.05, 0.1) is 12.7 Å². The molecule has 0 saturated heterocycles. The van der Waals surface area contributed by atoms with Gasteiger partial charge in [-0.1, -0.05) is 11.6 Å². The van der Waals surface area contributed by atoms with Crippen LogP contribution in [0.15, 0.2) is 18.2 Å². The molecule has 0 aliphatic carbocycles. The topological polar surface area (TPSA) is 35.5 Å². The van der Waals surface area contributed by atoms with Crippen LogP contribution in [0.25, 0.3) is 0 Å². The van der Waals surface area contributed by atoms with E-state index in [9.17, 15) is 4.79 Å². The number of benzene rings is 1. The van der Waals surface area contributed by atoms with Crippen molar-refractivity contribution in [1.82, 2.24) is 0 Å². The zero-order valence-electron chi connectivity index (χ0n) is 8.04. The van der Waals surface area contributed by atoms with Gasteiger partial charge in [-0.3, -0.25) is 0 Å². The summed E-state index contributed by atoms with van der Waals surface area (Å²) in [6.45, 7) is 1.86. The summed E-state index contributed by atoms with van der Waals surface area (Å²) in [6.07, 6.45) is 0. The minimum absolute atomic E-state index is 0.135. The van der Waals surface area contributed by atoms with Crippen molar-refractivity contribution in [3.63, 3.8) is 0 Å². The summed E-state index contributed by atoms with van der Waals surface area (Å²) in [5.74, 6) is 0.318. The van der Waals surface area contributed by atoms with Gasteiger partial charge in [-0.05, 0) is 30.7 Å². The van der Waals surface area contributed by atoms with Gasteiger partial charge in [-0.25, -0.2) is 4.79 Å². The third-order valence-corrected chi connectivity index (χ3v) is 1.93. The summed E-state index contributed by atoms with van der Waals surface area (Å²) in [5.41, 5.74) is 1.36. The number of hydrogen-bond acceptors (Lipinski definition) is 3. The first-order valence-corrected chi connectivity index (χ1v) is 4.60. The molecular weight excluding hydrogens is 204 g/mol. The summed E-state index contributed by atoms with van der Waals surface area (Å²) in [6, 6.07) is 4.93. The molecule has 1 aromatic carbocycles. The van der Waals surface area contributed by atoms with E-state index in [-0.39, 0.29) is 6.07 Å². The molecule has 0 fully saturated rings. The van der Waals surface area contributed by atoms with Crippen LogP contribution in [0, 0.1) is 6.92 Å². The lowest BCUT2D eigenvalue weighted by Gasteiger charge is -2.06. The van der Waals surface area contributed by atoms with Crippen LogP contribution in [0.2, 0.25) is 0 Å². The van der Waals surface area contributed by atoms with Gasteiger partial charge < -0.3 is 9.47 Å². The maximum atomic E-state index is 11.2. The molecule has 4 heteroatoms. The second kappa shape index (κ2) is 4.86.